The predicted molar refractivity (Wildman–Crippen MR) is 86.8 cm³/mol. The summed E-state index contributed by atoms with van der Waals surface area (Å²) < 4.78 is 0.763. The zero-order valence-electron chi connectivity index (χ0n) is 11.2. The summed E-state index contributed by atoms with van der Waals surface area (Å²) in [6.07, 6.45) is 0.945. The summed E-state index contributed by atoms with van der Waals surface area (Å²) in [7, 11) is 0. The van der Waals surface area contributed by atoms with Gasteiger partial charge in [-0.25, -0.2) is 0 Å². The smallest absolute Gasteiger partial charge is 0.233 e. The molecule has 0 aromatic carbocycles. The maximum absolute atomic E-state index is 11.7. The summed E-state index contributed by atoms with van der Waals surface area (Å²) in [5, 5.41) is 8.22. The van der Waals surface area contributed by atoms with E-state index in [0.717, 1.165) is 22.2 Å². The number of halogens is 1. The lowest BCUT2D eigenvalue weighted by Crippen LogP contribution is -2.36. The number of carbonyl (C=O) groups excluding carboxylic acids is 1. The molecule has 6 heteroatoms. The fourth-order valence-electron chi connectivity index (χ4n) is 1.80. The number of hydrogen-bond donors (Lipinski definition) is 2. The van der Waals surface area contributed by atoms with Crippen LogP contribution in [0.4, 0.5) is 0 Å². The molecule has 2 aromatic rings. The normalized spacial score (nSPS) is 12.3. The lowest BCUT2D eigenvalue weighted by Gasteiger charge is -2.15. The molecule has 0 aliphatic carbocycles. The molecule has 1 amide bonds. The standard InChI is InChI=1S/C14H17ClN2OS2/c1-2-7-16-13(18)9-17-14(10-4-3-8-19-10)11-5-6-12(15)20-11/h3-6,8,14,17H,2,7,9H2,1H3,(H,16,18). The molecule has 0 fully saturated rings. The van der Waals surface area contributed by atoms with Crippen molar-refractivity contribution in [3.63, 3.8) is 0 Å². The van der Waals surface area contributed by atoms with E-state index in [2.05, 4.69) is 16.7 Å². The third kappa shape index (κ3) is 4.31. The first-order valence-electron chi connectivity index (χ1n) is 6.49. The van der Waals surface area contributed by atoms with Crippen LogP contribution in [0.15, 0.2) is 29.6 Å². The van der Waals surface area contributed by atoms with Gasteiger partial charge in [0.15, 0.2) is 0 Å². The molecular weight excluding hydrogens is 312 g/mol. The van der Waals surface area contributed by atoms with Crippen molar-refractivity contribution < 1.29 is 4.79 Å². The molecule has 2 rings (SSSR count). The number of thiophene rings is 2. The van der Waals surface area contributed by atoms with Gasteiger partial charge in [-0.05, 0) is 30.0 Å². The average Bonchev–Trinajstić information content (AvgIpc) is 3.09. The molecular formula is C14H17ClN2OS2. The topological polar surface area (TPSA) is 41.1 Å². The highest BCUT2D eigenvalue weighted by Gasteiger charge is 2.17. The minimum atomic E-state index is 0.0241. The quantitative estimate of drug-likeness (QED) is 0.814. The summed E-state index contributed by atoms with van der Waals surface area (Å²) in [5.41, 5.74) is 0. The van der Waals surface area contributed by atoms with Crippen molar-refractivity contribution in [2.45, 2.75) is 19.4 Å². The van der Waals surface area contributed by atoms with Gasteiger partial charge in [0.05, 0.1) is 16.9 Å². The van der Waals surface area contributed by atoms with Crippen LogP contribution in [0.5, 0.6) is 0 Å². The van der Waals surface area contributed by atoms with Crippen LogP contribution in [0.1, 0.15) is 29.1 Å². The van der Waals surface area contributed by atoms with Crippen LogP contribution in [0.3, 0.4) is 0 Å². The van der Waals surface area contributed by atoms with E-state index in [1.54, 1.807) is 22.7 Å². The van der Waals surface area contributed by atoms with Gasteiger partial charge >= 0.3 is 0 Å². The second kappa shape index (κ2) is 7.78. The lowest BCUT2D eigenvalue weighted by atomic mass is 10.2. The van der Waals surface area contributed by atoms with Crippen LogP contribution in [-0.2, 0) is 4.79 Å². The van der Waals surface area contributed by atoms with Gasteiger partial charge in [0.25, 0.3) is 0 Å². The first-order chi connectivity index (χ1) is 9.70. The van der Waals surface area contributed by atoms with E-state index < -0.39 is 0 Å². The highest BCUT2D eigenvalue weighted by Crippen LogP contribution is 2.32. The van der Waals surface area contributed by atoms with E-state index in [1.807, 2.05) is 30.5 Å². The zero-order chi connectivity index (χ0) is 14.4. The van der Waals surface area contributed by atoms with Crippen LogP contribution in [-0.4, -0.2) is 19.0 Å². The first-order valence-corrected chi connectivity index (χ1v) is 8.57. The van der Waals surface area contributed by atoms with Gasteiger partial charge in [0.2, 0.25) is 5.91 Å². The summed E-state index contributed by atoms with van der Waals surface area (Å²) in [6, 6.07) is 8.01. The highest BCUT2D eigenvalue weighted by molar-refractivity contribution is 7.16. The van der Waals surface area contributed by atoms with Crippen molar-refractivity contribution in [2.24, 2.45) is 0 Å². The fourth-order valence-corrected chi connectivity index (χ4v) is 3.85. The molecule has 2 aromatic heterocycles. The van der Waals surface area contributed by atoms with E-state index in [0.29, 0.717) is 6.54 Å². The van der Waals surface area contributed by atoms with E-state index in [1.165, 1.54) is 4.88 Å². The monoisotopic (exact) mass is 328 g/mol. The predicted octanol–water partition coefficient (Wildman–Crippen LogP) is 3.67. The molecule has 0 saturated carbocycles. The maximum atomic E-state index is 11.7. The molecule has 0 radical (unpaired) electrons. The van der Waals surface area contributed by atoms with Crippen molar-refractivity contribution in [3.8, 4) is 0 Å². The maximum Gasteiger partial charge on any atom is 0.233 e. The average molecular weight is 329 g/mol. The van der Waals surface area contributed by atoms with Gasteiger partial charge in [-0.1, -0.05) is 24.6 Å². The molecule has 2 heterocycles. The molecule has 0 aliphatic heterocycles. The molecule has 1 atom stereocenters. The summed E-state index contributed by atoms with van der Waals surface area (Å²) >= 11 is 9.23. The Bertz CT molecular complexity index is 539. The van der Waals surface area contributed by atoms with E-state index in [9.17, 15) is 4.79 Å². The number of rotatable bonds is 7. The number of nitrogens with one attached hydrogen (secondary N) is 2. The molecule has 20 heavy (non-hydrogen) atoms. The number of carbonyl (C=O) groups is 1. The summed E-state index contributed by atoms with van der Waals surface area (Å²) in [6.45, 7) is 3.06. The van der Waals surface area contributed by atoms with Gasteiger partial charge in [-0.3, -0.25) is 10.1 Å². The van der Waals surface area contributed by atoms with Gasteiger partial charge in [0, 0.05) is 16.3 Å². The Hall–Kier alpha value is -0.880. The van der Waals surface area contributed by atoms with Gasteiger partial charge < -0.3 is 5.32 Å². The van der Waals surface area contributed by atoms with Crippen LogP contribution in [0, 0.1) is 0 Å². The molecule has 3 nitrogen and oxygen atoms in total. The molecule has 108 valence electrons. The van der Waals surface area contributed by atoms with Gasteiger partial charge in [-0.2, -0.15) is 0 Å². The van der Waals surface area contributed by atoms with Crippen molar-refractivity contribution in [3.05, 3.63) is 43.7 Å². The zero-order valence-corrected chi connectivity index (χ0v) is 13.6. The SMILES string of the molecule is CCCNC(=O)CNC(c1cccs1)c1ccc(Cl)s1. The highest BCUT2D eigenvalue weighted by atomic mass is 35.5. The Morgan fingerprint density at radius 3 is 2.80 bits per heavy atom. The van der Waals surface area contributed by atoms with Crippen molar-refractivity contribution in [1.29, 1.82) is 0 Å². The number of amides is 1. The lowest BCUT2D eigenvalue weighted by molar-refractivity contribution is -0.120. The third-order valence-corrected chi connectivity index (χ3v) is 4.98. The minimum Gasteiger partial charge on any atom is -0.355 e. The summed E-state index contributed by atoms with van der Waals surface area (Å²) in [5.74, 6) is 0.0241. The molecule has 1 unspecified atom stereocenters. The van der Waals surface area contributed by atoms with E-state index >= 15 is 0 Å². The van der Waals surface area contributed by atoms with Crippen molar-refractivity contribution in [1.82, 2.24) is 10.6 Å². The van der Waals surface area contributed by atoms with Crippen LogP contribution >= 0.6 is 34.3 Å². The Morgan fingerprint density at radius 2 is 2.20 bits per heavy atom. The first kappa shape index (κ1) is 15.5. The molecule has 0 aliphatic rings. The third-order valence-electron chi connectivity index (χ3n) is 2.75. The molecule has 2 N–H and O–H groups in total. The Balaban J connectivity index is 2.03. The fraction of sp³-hybridized carbons (Fsp3) is 0.357. The molecule has 0 spiro atoms. The van der Waals surface area contributed by atoms with Gasteiger partial charge in [-0.15, -0.1) is 22.7 Å². The second-order valence-electron chi connectivity index (χ2n) is 4.32. The van der Waals surface area contributed by atoms with Gasteiger partial charge in [0.1, 0.15) is 0 Å². The van der Waals surface area contributed by atoms with Crippen LogP contribution in [0.2, 0.25) is 4.34 Å². The molecule has 0 bridgehead atoms. The Morgan fingerprint density at radius 1 is 1.35 bits per heavy atom. The van der Waals surface area contributed by atoms with Crippen molar-refractivity contribution >= 4 is 40.2 Å². The van der Waals surface area contributed by atoms with E-state index in [4.69, 9.17) is 11.6 Å². The molecule has 0 saturated heterocycles. The van der Waals surface area contributed by atoms with Crippen LogP contribution in [0.25, 0.3) is 0 Å². The number of hydrogen-bond acceptors (Lipinski definition) is 4. The minimum absolute atomic E-state index is 0.0241. The second-order valence-corrected chi connectivity index (χ2v) is 7.05. The van der Waals surface area contributed by atoms with Crippen LogP contribution < -0.4 is 10.6 Å². The Kier molecular flexibility index (Phi) is 6.04. The largest absolute Gasteiger partial charge is 0.355 e. The van der Waals surface area contributed by atoms with Crippen molar-refractivity contribution in [2.75, 3.05) is 13.1 Å². The van der Waals surface area contributed by atoms with E-state index in [-0.39, 0.29) is 11.9 Å². The Labute approximate surface area is 132 Å². The summed E-state index contributed by atoms with van der Waals surface area (Å²) in [4.78, 5) is 14.0.